The zero-order valence-corrected chi connectivity index (χ0v) is 16.9. The van der Waals surface area contributed by atoms with E-state index < -0.39 is 0 Å². The summed E-state index contributed by atoms with van der Waals surface area (Å²) in [5.74, 6) is -0.0733. The number of fused-ring (bicyclic) bond motifs is 1. The van der Waals surface area contributed by atoms with E-state index in [0.29, 0.717) is 13.1 Å². The summed E-state index contributed by atoms with van der Waals surface area (Å²) in [5, 5.41) is 3.05. The highest BCUT2D eigenvalue weighted by atomic mass is 16.2. The van der Waals surface area contributed by atoms with Crippen molar-refractivity contribution in [2.75, 3.05) is 23.3 Å². The number of para-hydroxylation sites is 4. The van der Waals surface area contributed by atoms with Crippen LogP contribution in [0.25, 0.3) is 11.0 Å². The van der Waals surface area contributed by atoms with Gasteiger partial charge < -0.3 is 10.2 Å². The van der Waals surface area contributed by atoms with Gasteiger partial charge >= 0.3 is 5.69 Å². The number of hydrogen-bond acceptors (Lipinski definition) is 3. The molecule has 0 radical (unpaired) electrons. The van der Waals surface area contributed by atoms with Crippen LogP contribution >= 0.6 is 0 Å². The van der Waals surface area contributed by atoms with Crippen molar-refractivity contribution >= 4 is 28.3 Å². The molecule has 1 aromatic heterocycles. The van der Waals surface area contributed by atoms with Crippen LogP contribution in [0.5, 0.6) is 0 Å². The molecule has 1 N–H and O–H groups in total. The summed E-state index contributed by atoms with van der Waals surface area (Å²) in [6, 6.07) is 15.7. The van der Waals surface area contributed by atoms with Gasteiger partial charge in [0.1, 0.15) is 0 Å². The molecule has 6 nitrogen and oxygen atoms in total. The zero-order valence-electron chi connectivity index (χ0n) is 16.9. The molecule has 1 saturated heterocycles. The van der Waals surface area contributed by atoms with Crippen molar-refractivity contribution in [2.45, 2.75) is 45.7 Å². The number of nitrogens with one attached hydrogen (secondary N) is 1. The van der Waals surface area contributed by atoms with Crippen LogP contribution in [-0.4, -0.2) is 28.1 Å². The molecule has 1 fully saturated rings. The van der Waals surface area contributed by atoms with Crippen molar-refractivity contribution in [3.8, 4) is 0 Å². The van der Waals surface area contributed by atoms with Gasteiger partial charge in [-0.15, -0.1) is 0 Å². The SMILES string of the molecule is CCCn1c(=O)n(CCC(=O)Nc2ccccc2N2CCCC2)c2ccccc21. The highest BCUT2D eigenvalue weighted by Gasteiger charge is 2.17. The Labute approximate surface area is 170 Å². The number of amides is 1. The van der Waals surface area contributed by atoms with E-state index in [9.17, 15) is 9.59 Å². The van der Waals surface area contributed by atoms with Gasteiger partial charge in [0.05, 0.1) is 22.4 Å². The van der Waals surface area contributed by atoms with Gasteiger partial charge in [0.25, 0.3) is 0 Å². The lowest BCUT2D eigenvalue weighted by Crippen LogP contribution is -2.26. The second-order valence-corrected chi connectivity index (χ2v) is 7.58. The van der Waals surface area contributed by atoms with Crippen molar-refractivity contribution in [2.24, 2.45) is 0 Å². The van der Waals surface area contributed by atoms with Gasteiger partial charge in [-0.25, -0.2) is 4.79 Å². The normalized spacial score (nSPS) is 13.9. The number of carbonyl (C=O) groups is 1. The Hall–Kier alpha value is -3.02. The van der Waals surface area contributed by atoms with Gasteiger partial charge in [0.15, 0.2) is 0 Å². The van der Waals surface area contributed by atoms with Crippen molar-refractivity contribution in [1.29, 1.82) is 0 Å². The first-order chi connectivity index (χ1) is 14.2. The Morgan fingerprint density at radius 2 is 1.55 bits per heavy atom. The quantitative estimate of drug-likeness (QED) is 0.665. The van der Waals surface area contributed by atoms with Crippen molar-refractivity contribution in [3.05, 3.63) is 59.0 Å². The van der Waals surface area contributed by atoms with E-state index in [1.165, 1.54) is 12.8 Å². The maximum atomic E-state index is 12.9. The molecule has 152 valence electrons. The van der Waals surface area contributed by atoms with Gasteiger partial charge in [0, 0.05) is 32.6 Å². The average Bonchev–Trinajstić information content (AvgIpc) is 3.35. The van der Waals surface area contributed by atoms with Crippen LogP contribution in [0.4, 0.5) is 11.4 Å². The maximum Gasteiger partial charge on any atom is 0.329 e. The van der Waals surface area contributed by atoms with E-state index in [1.807, 2.05) is 42.5 Å². The largest absolute Gasteiger partial charge is 0.370 e. The zero-order chi connectivity index (χ0) is 20.2. The summed E-state index contributed by atoms with van der Waals surface area (Å²) in [5.41, 5.74) is 3.70. The van der Waals surface area contributed by atoms with Crippen molar-refractivity contribution in [3.63, 3.8) is 0 Å². The van der Waals surface area contributed by atoms with Crippen LogP contribution in [0.1, 0.15) is 32.6 Å². The van der Waals surface area contributed by atoms with Crippen molar-refractivity contribution in [1.82, 2.24) is 9.13 Å². The molecule has 29 heavy (non-hydrogen) atoms. The standard InChI is InChI=1S/C23H28N4O2/c1-2-14-26-20-11-5-6-12-21(20)27(23(26)29)17-13-22(28)24-18-9-3-4-10-19(18)25-15-7-8-16-25/h3-6,9-12H,2,7-8,13-17H2,1H3,(H,24,28). The minimum absolute atomic E-state index is 0.0432. The maximum absolute atomic E-state index is 12.9. The number of rotatable bonds is 7. The molecule has 2 heterocycles. The molecular formula is C23H28N4O2. The molecule has 0 atom stereocenters. The molecule has 6 heteroatoms. The van der Waals surface area contributed by atoms with Crippen LogP contribution < -0.4 is 15.9 Å². The van der Waals surface area contributed by atoms with Crippen LogP contribution in [-0.2, 0) is 17.9 Å². The van der Waals surface area contributed by atoms with E-state index in [-0.39, 0.29) is 18.0 Å². The van der Waals surface area contributed by atoms with E-state index in [1.54, 1.807) is 9.13 Å². The summed E-state index contributed by atoms with van der Waals surface area (Å²) >= 11 is 0. The summed E-state index contributed by atoms with van der Waals surface area (Å²) in [7, 11) is 0. The molecule has 1 aliphatic heterocycles. The number of imidazole rings is 1. The summed E-state index contributed by atoms with van der Waals surface area (Å²) in [6.45, 7) is 5.16. The molecule has 0 saturated carbocycles. The molecule has 0 aliphatic carbocycles. The number of aryl methyl sites for hydroxylation is 2. The van der Waals surface area contributed by atoms with Gasteiger partial charge in [-0.1, -0.05) is 31.2 Å². The molecule has 3 aromatic rings. The molecular weight excluding hydrogens is 364 g/mol. The number of anilines is 2. The summed E-state index contributed by atoms with van der Waals surface area (Å²) in [6.07, 6.45) is 3.52. The second kappa shape index (κ2) is 8.55. The van der Waals surface area contributed by atoms with E-state index in [2.05, 4.69) is 23.2 Å². The fourth-order valence-electron chi connectivity index (χ4n) is 4.17. The first-order valence-corrected chi connectivity index (χ1v) is 10.5. The third-order valence-corrected chi connectivity index (χ3v) is 5.56. The predicted octanol–water partition coefficient (Wildman–Crippen LogP) is 3.84. The number of nitrogens with zero attached hydrogens (tertiary/aromatic N) is 3. The van der Waals surface area contributed by atoms with Gasteiger partial charge in [-0.2, -0.15) is 0 Å². The number of hydrogen-bond donors (Lipinski definition) is 1. The lowest BCUT2D eigenvalue weighted by Gasteiger charge is -2.21. The Bertz CT molecular complexity index is 1060. The Morgan fingerprint density at radius 1 is 0.931 bits per heavy atom. The first-order valence-electron chi connectivity index (χ1n) is 10.5. The molecule has 0 bridgehead atoms. The molecule has 0 spiro atoms. The predicted molar refractivity (Wildman–Crippen MR) is 118 cm³/mol. The lowest BCUT2D eigenvalue weighted by atomic mass is 10.2. The molecule has 1 amide bonds. The van der Waals surface area contributed by atoms with E-state index >= 15 is 0 Å². The number of carbonyl (C=O) groups excluding carboxylic acids is 1. The molecule has 2 aromatic carbocycles. The minimum atomic E-state index is -0.0733. The smallest absolute Gasteiger partial charge is 0.329 e. The third-order valence-electron chi connectivity index (χ3n) is 5.56. The Kier molecular flexibility index (Phi) is 5.69. The van der Waals surface area contributed by atoms with Crippen molar-refractivity contribution < 1.29 is 4.79 Å². The van der Waals surface area contributed by atoms with Crippen LogP contribution in [0.2, 0.25) is 0 Å². The second-order valence-electron chi connectivity index (χ2n) is 7.58. The molecule has 0 unspecified atom stereocenters. The topological polar surface area (TPSA) is 59.3 Å². The highest BCUT2D eigenvalue weighted by molar-refractivity contribution is 5.94. The highest BCUT2D eigenvalue weighted by Crippen LogP contribution is 2.28. The van der Waals surface area contributed by atoms with E-state index in [0.717, 1.165) is 41.9 Å². The van der Waals surface area contributed by atoms with Gasteiger partial charge in [-0.05, 0) is 43.5 Å². The third kappa shape index (κ3) is 3.92. The summed E-state index contributed by atoms with van der Waals surface area (Å²) < 4.78 is 3.52. The average molecular weight is 393 g/mol. The van der Waals surface area contributed by atoms with Crippen LogP contribution in [0.3, 0.4) is 0 Å². The van der Waals surface area contributed by atoms with Gasteiger partial charge in [-0.3, -0.25) is 13.9 Å². The first kappa shape index (κ1) is 19.3. The molecule has 1 aliphatic rings. The molecule has 4 rings (SSSR count). The minimum Gasteiger partial charge on any atom is -0.370 e. The fourth-order valence-corrected chi connectivity index (χ4v) is 4.17. The Morgan fingerprint density at radius 3 is 2.24 bits per heavy atom. The van der Waals surface area contributed by atoms with Gasteiger partial charge in [0.2, 0.25) is 5.91 Å². The number of benzene rings is 2. The number of aromatic nitrogens is 2. The van der Waals surface area contributed by atoms with Crippen LogP contribution in [0.15, 0.2) is 53.3 Å². The fraction of sp³-hybridized carbons (Fsp3) is 0.391. The Balaban J connectivity index is 1.50. The summed E-state index contributed by atoms with van der Waals surface area (Å²) in [4.78, 5) is 27.9. The lowest BCUT2D eigenvalue weighted by molar-refractivity contribution is -0.116. The van der Waals surface area contributed by atoms with Crippen LogP contribution in [0, 0.1) is 0 Å². The van der Waals surface area contributed by atoms with E-state index in [4.69, 9.17) is 0 Å². The monoisotopic (exact) mass is 392 g/mol.